The Balaban J connectivity index is 3.00. The highest BCUT2D eigenvalue weighted by molar-refractivity contribution is 6.32. The minimum atomic E-state index is -0.791. The quantitative estimate of drug-likeness (QED) is 0.351. The lowest BCUT2D eigenvalue weighted by Gasteiger charge is -2.16. The van der Waals surface area contributed by atoms with Gasteiger partial charge >= 0.3 is 11.7 Å². The number of hydrogen-bond acceptors (Lipinski definition) is 6. The van der Waals surface area contributed by atoms with Crippen molar-refractivity contribution in [3.8, 4) is 0 Å². The van der Waals surface area contributed by atoms with E-state index in [0.717, 1.165) is 4.90 Å². The largest absolute Gasteiger partial charge is 0.465 e. The summed E-state index contributed by atoms with van der Waals surface area (Å²) in [5, 5.41) is 10.5. The topological polar surface area (TPSA) is 103 Å². The van der Waals surface area contributed by atoms with Crippen LogP contribution in [-0.4, -0.2) is 46.9 Å². The summed E-state index contributed by atoms with van der Waals surface area (Å²) in [6.07, 6.45) is 1.18. The molecule has 1 aromatic rings. The van der Waals surface area contributed by atoms with Crippen molar-refractivity contribution in [3.05, 3.63) is 33.1 Å². The molecule has 0 unspecified atom stereocenters. The van der Waals surface area contributed by atoms with Gasteiger partial charge in [-0.05, 0) is 13.0 Å². The molecule has 0 fully saturated rings. The first-order valence-corrected chi connectivity index (χ1v) is 5.96. The lowest BCUT2D eigenvalue weighted by atomic mass is 10.2. The number of amides is 1. The monoisotopic (exact) mass is 301 g/mol. The average Bonchev–Trinajstić information content (AvgIpc) is 2.37. The van der Waals surface area contributed by atoms with Gasteiger partial charge in [-0.2, -0.15) is 0 Å². The summed E-state index contributed by atoms with van der Waals surface area (Å²) in [6.45, 7) is 1.50. The van der Waals surface area contributed by atoms with Crippen LogP contribution in [0.2, 0.25) is 5.15 Å². The third-order valence-electron chi connectivity index (χ3n) is 2.31. The van der Waals surface area contributed by atoms with E-state index in [1.54, 1.807) is 6.92 Å². The van der Waals surface area contributed by atoms with Crippen molar-refractivity contribution < 1.29 is 19.2 Å². The van der Waals surface area contributed by atoms with E-state index in [-0.39, 0.29) is 23.9 Å². The Morgan fingerprint density at radius 2 is 2.20 bits per heavy atom. The molecule has 9 heteroatoms. The van der Waals surface area contributed by atoms with Crippen molar-refractivity contribution in [2.45, 2.75) is 6.92 Å². The van der Waals surface area contributed by atoms with Crippen LogP contribution in [-0.2, 0) is 9.53 Å². The maximum Gasteiger partial charge on any atom is 0.325 e. The minimum absolute atomic E-state index is 0.183. The molecular formula is C11H12ClN3O5. The molecule has 20 heavy (non-hydrogen) atoms. The highest BCUT2D eigenvalue weighted by atomic mass is 35.5. The van der Waals surface area contributed by atoms with E-state index in [2.05, 4.69) is 4.98 Å². The second kappa shape index (κ2) is 6.80. The van der Waals surface area contributed by atoms with E-state index in [1.165, 1.54) is 19.3 Å². The Morgan fingerprint density at radius 1 is 1.55 bits per heavy atom. The molecule has 0 spiro atoms. The van der Waals surface area contributed by atoms with E-state index >= 15 is 0 Å². The Kier molecular flexibility index (Phi) is 5.39. The molecule has 0 saturated carbocycles. The molecule has 0 aromatic carbocycles. The van der Waals surface area contributed by atoms with Crippen LogP contribution in [0.3, 0.4) is 0 Å². The maximum atomic E-state index is 12.1. The summed E-state index contributed by atoms with van der Waals surface area (Å²) in [5.74, 6) is -1.32. The first-order chi connectivity index (χ1) is 9.38. The van der Waals surface area contributed by atoms with E-state index in [0.29, 0.717) is 0 Å². The van der Waals surface area contributed by atoms with Gasteiger partial charge in [0.1, 0.15) is 12.1 Å². The van der Waals surface area contributed by atoms with E-state index in [4.69, 9.17) is 16.3 Å². The fourth-order valence-corrected chi connectivity index (χ4v) is 1.68. The molecule has 1 aromatic heterocycles. The van der Waals surface area contributed by atoms with Gasteiger partial charge in [-0.15, -0.1) is 0 Å². The summed E-state index contributed by atoms with van der Waals surface area (Å²) in [5.41, 5.74) is -0.823. The third-order valence-corrected chi connectivity index (χ3v) is 2.59. The summed E-state index contributed by atoms with van der Waals surface area (Å²) in [7, 11) is 1.33. The van der Waals surface area contributed by atoms with Crippen LogP contribution < -0.4 is 0 Å². The zero-order valence-electron chi connectivity index (χ0n) is 10.8. The van der Waals surface area contributed by atoms with E-state index < -0.39 is 22.5 Å². The molecule has 0 N–H and O–H groups in total. The first-order valence-electron chi connectivity index (χ1n) is 5.58. The smallest absolute Gasteiger partial charge is 0.325 e. The molecule has 0 aliphatic heterocycles. The molecule has 1 heterocycles. The number of halogens is 1. The van der Waals surface area contributed by atoms with Gasteiger partial charge in [-0.3, -0.25) is 19.7 Å². The molecule has 108 valence electrons. The second-order valence-electron chi connectivity index (χ2n) is 3.72. The van der Waals surface area contributed by atoms with Crippen LogP contribution in [0.25, 0.3) is 0 Å². The van der Waals surface area contributed by atoms with Crippen molar-refractivity contribution in [1.29, 1.82) is 0 Å². The summed E-state index contributed by atoms with van der Waals surface area (Å²) >= 11 is 5.61. The molecule has 0 radical (unpaired) electrons. The van der Waals surface area contributed by atoms with Gasteiger partial charge in [0.2, 0.25) is 5.15 Å². The third kappa shape index (κ3) is 3.64. The lowest BCUT2D eigenvalue weighted by Crippen LogP contribution is -2.33. The molecule has 8 nitrogen and oxygen atoms in total. The average molecular weight is 302 g/mol. The van der Waals surface area contributed by atoms with Gasteiger partial charge in [0.05, 0.1) is 11.5 Å². The van der Waals surface area contributed by atoms with Gasteiger partial charge in [-0.1, -0.05) is 11.6 Å². The number of rotatable bonds is 5. The van der Waals surface area contributed by atoms with Gasteiger partial charge in [0.25, 0.3) is 5.91 Å². The van der Waals surface area contributed by atoms with Crippen LogP contribution in [0, 0.1) is 10.1 Å². The maximum absolute atomic E-state index is 12.1. The highest BCUT2D eigenvalue weighted by Crippen LogP contribution is 2.26. The molecule has 0 aliphatic carbocycles. The van der Waals surface area contributed by atoms with Gasteiger partial charge in [0, 0.05) is 13.2 Å². The van der Waals surface area contributed by atoms with Crippen molar-refractivity contribution in [2.75, 3.05) is 20.2 Å². The molecule has 1 amide bonds. The number of carbonyl (C=O) groups is 2. The Labute approximate surface area is 119 Å². The SMILES string of the molecule is CCOC(=O)CN(C)C(=O)c1ccnc(Cl)c1[N+](=O)[O-]. The fraction of sp³-hybridized carbons (Fsp3) is 0.364. The minimum Gasteiger partial charge on any atom is -0.465 e. The number of pyridine rings is 1. The van der Waals surface area contributed by atoms with Crippen LogP contribution in [0.1, 0.15) is 17.3 Å². The van der Waals surface area contributed by atoms with Gasteiger partial charge in [0.15, 0.2) is 0 Å². The summed E-state index contributed by atoms with van der Waals surface area (Å²) < 4.78 is 4.69. The molecule has 1 rings (SSSR count). The van der Waals surface area contributed by atoms with Crippen molar-refractivity contribution in [1.82, 2.24) is 9.88 Å². The standard InChI is InChI=1S/C11H12ClN3O5/c1-3-20-8(16)6-14(2)11(17)7-4-5-13-10(12)9(7)15(18)19/h4-5H,3,6H2,1-2H3. The molecular weight excluding hydrogens is 290 g/mol. The number of nitro groups is 1. The molecule has 0 bridgehead atoms. The predicted molar refractivity (Wildman–Crippen MR) is 69.5 cm³/mol. The van der Waals surface area contributed by atoms with Crippen LogP contribution in [0.5, 0.6) is 0 Å². The second-order valence-corrected chi connectivity index (χ2v) is 4.08. The fourth-order valence-electron chi connectivity index (χ4n) is 1.45. The number of nitrogens with zero attached hydrogens (tertiary/aromatic N) is 3. The van der Waals surface area contributed by atoms with Crippen LogP contribution in [0.15, 0.2) is 12.3 Å². The molecule has 0 aliphatic rings. The first kappa shape index (κ1) is 15.8. The number of carbonyl (C=O) groups excluding carboxylic acids is 2. The Hall–Kier alpha value is -2.22. The van der Waals surface area contributed by atoms with E-state index in [1.807, 2.05) is 0 Å². The number of ether oxygens (including phenoxy) is 1. The van der Waals surface area contributed by atoms with Gasteiger partial charge < -0.3 is 9.64 Å². The van der Waals surface area contributed by atoms with Crippen molar-refractivity contribution in [3.63, 3.8) is 0 Å². The van der Waals surface area contributed by atoms with Gasteiger partial charge in [-0.25, -0.2) is 4.98 Å². The van der Waals surface area contributed by atoms with Crippen LogP contribution >= 0.6 is 11.6 Å². The van der Waals surface area contributed by atoms with Crippen molar-refractivity contribution in [2.24, 2.45) is 0 Å². The van der Waals surface area contributed by atoms with E-state index in [9.17, 15) is 19.7 Å². The summed E-state index contributed by atoms with van der Waals surface area (Å²) in [4.78, 5) is 38.1. The number of hydrogen-bond donors (Lipinski definition) is 0. The number of likely N-dealkylation sites (N-methyl/N-ethyl adjacent to an activating group) is 1. The normalized spacial score (nSPS) is 9.95. The van der Waals surface area contributed by atoms with Crippen LogP contribution in [0.4, 0.5) is 5.69 Å². The lowest BCUT2D eigenvalue weighted by molar-refractivity contribution is -0.385. The number of aromatic nitrogens is 1. The Bertz CT molecular complexity index is 549. The zero-order chi connectivity index (χ0) is 15.3. The predicted octanol–water partition coefficient (Wildman–Crippen LogP) is 1.28. The number of esters is 1. The molecule has 0 atom stereocenters. The molecule has 0 saturated heterocycles. The van der Waals surface area contributed by atoms with Crippen molar-refractivity contribution >= 4 is 29.2 Å². The highest BCUT2D eigenvalue weighted by Gasteiger charge is 2.27. The Morgan fingerprint density at radius 3 is 2.75 bits per heavy atom. The summed E-state index contributed by atoms with van der Waals surface area (Å²) in [6, 6.07) is 1.17. The zero-order valence-corrected chi connectivity index (χ0v) is 11.6.